The van der Waals surface area contributed by atoms with E-state index < -0.39 is 0 Å². The Bertz CT molecular complexity index is 446. The van der Waals surface area contributed by atoms with Crippen molar-refractivity contribution in [1.29, 1.82) is 0 Å². The van der Waals surface area contributed by atoms with E-state index in [0.29, 0.717) is 0 Å². The first-order valence-corrected chi connectivity index (χ1v) is 4.93. The Balaban J connectivity index is 2.60. The van der Waals surface area contributed by atoms with Gasteiger partial charge in [-0.15, -0.1) is 0 Å². The van der Waals surface area contributed by atoms with Crippen molar-refractivity contribution in [2.45, 2.75) is 13.8 Å². The fraction of sp³-hybridized carbons (Fsp3) is 0.231. The molecule has 0 unspecified atom stereocenters. The zero-order valence-corrected chi connectivity index (χ0v) is 8.58. The van der Waals surface area contributed by atoms with Crippen LogP contribution in [0.1, 0.15) is 12.5 Å². The normalized spacial score (nSPS) is 10.4. The minimum atomic E-state index is 0.720. The topological polar surface area (TPSA) is 9.23 Å². The molecule has 14 heavy (non-hydrogen) atoms. The van der Waals surface area contributed by atoms with Crippen molar-refractivity contribution in [3.63, 3.8) is 0 Å². The first-order chi connectivity index (χ1) is 6.81. The average molecular weight is 186 g/mol. The molecule has 0 aliphatic heterocycles. The van der Waals surface area contributed by atoms with Gasteiger partial charge < -0.3 is 4.74 Å². The van der Waals surface area contributed by atoms with Crippen LogP contribution in [0.3, 0.4) is 0 Å². The van der Waals surface area contributed by atoms with E-state index in [-0.39, 0.29) is 0 Å². The first-order valence-electron chi connectivity index (χ1n) is 4.93. The lowest BCUT2D eigenvalue weighted by molar-refractivity contribution is 0.340. The molecular formula is C13H14O. The van der Waals surface area contributed by atoms with Gasteiger partial charge in [0.2, 0.25) is 0 Å². The van der Waals surface area contributed by atoms with E-state index in [2.05, 4.69) is 43.3 Å². The molecule has 0 saturated heterocycles. The summed E-state index contributed by atoms with van der Waals surface area (Å²) in [5.74, 6) is 0.962. The molecule has 0 saturated carbocycles. The highest BCUT2D eigenvalue weighted by atomic mass is 16.5. The minimum Gasteiger partial charge on any atom is -0.494 e. The van der Waals surface area contributed by atoms with Crippen molar-refractivity contribution in [3.8, 4) is 5.75 Å². The van der Waals surface area contributed by atoms with Gasteiger partial charge in [-0.1, -0.05) is 24.3 Å². The highest BCUT2D eigenvalue weighted by Gasteiger charge is 1.99. The Morgan fingerprint density at radius 1 is 1.14 bits per heavy atom. The van der Waals surface area contributed by atoms with E-state index in [1.54, 1.807) is 0 Å². The van der Waals surface area contributed by atoms with Gasteiger partial charge >= 0.3 is 0 Å². The van der Waals surface area contributed by atoms with Gasteiger partial charge in [0, 0.05) is 0 Å². The lowest BCUT2D eigenvalue weighted by Crippen LogP contribution is -1.92. The van der Waals surface area contributed by atoms with Gasteiger partial charge in [-0.3, -0.25) is 0 Å². The first kappa shape index (κ1) is 9.07. The summed E-state index contributed by atoms with van der Waals surface area (Å²) in [7, 11) is 0. The van der Waals surface area contributed by atoms with Crippen LogP contribution in [0.2, 0.25) is 0 Å². The Hall–Kier alpha value is -1.50. The number of aryl methyl sites for hydroxylation is 1. The maximum absolute atomic E-state index is 5.49. The second-order valence-electron chi connectivity index (χ2n) is 3.39. The van der Waals surface area contributed by atoms with Crippen molar-refractivity contribution >= 4 is 10.8 Å². The zero-order chi connectivity index (χ0) is 9.97. The van der Waals surface area contributed by atoms with Crippen molar-refractivity contribution < 1.29 is 4.74 Å². The maximum atomic E-state index is 5.49. The minimum absolute atomic E-state index is 0.720. The largest absolute Gasteiger partial charge is 0.494 e. The van der Waals surface area contributed by atoms with Gasteiger partial charge in [-0.05, 0) is 42.3 Å². The van der Waals surface area contributed by atoms with Gasteiger partial charge in [0.05, 0.1) is 6.61 Å². The highest BCUT2D eigenvalue weighted by Crippen LogP contribution is 2.24. The monoisotopic (exact) mass is 186 g/mol. The molecule has 0 spiro atoms. The molecule has 0 radical (unpaired) electrons. The second-order valence-corrected chi connectivity index (χ2v) is 3.39. The smallest absolute Gasteiger partial charge is 0.120 e. The van der Waals surface area contributed by atoms with Crippen LogP contribution in [0.25, 0.3) is 10.8 Å². The Morgan fingerprint density at radius 3 is 2.71 bits per heavy atom. The molecule has 0 aliphatic carbocycles. The van der Waals surface area contributed by atoms with Crippen molar-refractivity contribution in [3.05, 3.63) is 42.0 Å². The predicted octanol–water partition coefficient (Wildman–Crippen LogP) is 3.55. The number of benzene rings is 2. The fourth-order valence-electron chi connectivity index (χ4n) is 1.72. The SMILES string of the molecule is CCOc1cc(C)c2ccccc2c1. The van der Waals surface area contributed by atoms with Gasteiger partial charge in [0.15, 0.2) is 0 Å². The lowest BCUT2D eigenvalue weighted by Gasteiger charge is -2.07. The molecule has 2 aromatic carbocycles. The van der Waals surface area contributed by atoms with E-state index in [1.165, 1.54) is 16.3 Å². The zero-order valence-electron chi connectivity index (χ0n) is 8.58. The fourth-order valence-corrected chi connectivity index (χ4v) is 1.72. The van der Waals surface area contributed by atoms with E-state index >= 15 is 0 Å². The van der Waals surface area contributed by atoms with Crippen LogP contribution >= 0.6 is 0 Å². The summed E-state index contributed by atoms with van der Waals surface area (Å²) >= 11 is 0. The molecule has 0 bridgehead atoms. The van der Waals surface area contributed by atoms with Crippen LogP contribution in [-0.4, -0.2) is 6.61 Å². The Morgan fingerprint density at radius 2 is 1.93 bits per heavy atom. The number of hydrogen-bond acceptors (Lipinski definition) is 1. The van der Waals surface area contributed by atoms with Gasteiger partial charge in [0.1, 0.15) is 5.75 Å². The molecule has 0 amide bonds. The molecular weight excluding hydrogens is 172 g/mol. The van der Waals surface area contributed by atoms with Crippen LogP contribution in [0.4, 0.5) is 0 Å². The summed E-state index contributed by atoms with van der Waals surface area (Å²) in [6, 6.07) is 12.6. The van der Waals surface area contributed by atoms with Crippen LogP contribution in [0.15, 0.2) is 36.4 Å². The Labute approximate surface area is 84.3 Å². The van der Waals surface area contributed by atoms with E-state index in [0.717, 1.165) is 12.4 Å². The van der Waals surface area contributed by atoms with E-state index in [1.807, 2.05) is 6.92 Å². The van der Waals surface area contributed by atoms with Gasteiger partial charge in [-0.2, -0.15) is 0 Å². The van der Waals surface area contributed by atoms with Crippen molar-refractivity contribution in [2.75, 3.05) is 6.61 Å². The lowest BCUT2D eigenvalue weighted by atomic mass is 10.1. The molecule has 1 nitrogen and oxygen atoms in total. The molecule has 1 heteroatoms. The Kier molecular flexibility index (Phi) is 2.40. The van der Waals surface area contributed by atoms with Gasteiger partial charge in [-0.25, -0.2) is 0 Å². The summed E-state index contributed by atoms with van der Waals surface area (Å²) in [5.41, 5.74) is 1.27. The molecule has 0 atom stereocenters. The second kappa shape index (κ2) is 3.70. The molecule has 0 aliphatic rings. The number of ether oxygens (including phenoxy) is 1. The molecule has 2 aromatic rings. The summed E-state index contributed by atoms with van der Waals surface area (Å²) < 4.78 is 5.49. The van der Waals surface area contributed by atoms with Crippen molar-refractivity contribution in [2.24, 2.45) is 0 Å². The summed E-state index contributed by atoms with van der Waals surface area (Å²) in [6.45, 7) is 4.84. The van der Waals surface area contributed by atoms with Gasteiger partial charge in [0.25, 0.3) is 0 Å². The standard InChI is InChI=1S/C13H14O/c1-3-14-12-8-10(2)13-7-5-4-6-11(13)9-12/h4-9H,3H2,1-2H3. The summed E-state index contributed by atoms with van der Waals surface area (Å²) in [4.78, 5) is 0. The molecule has 72 valence electrons. The quantitative estimate of drug-likeness (QED) is 0.697. The molecule has 2 rings (SSSR count). The third-order valence-corrected chi connectivity index (χ3v) is 2.35. The predicted molar refractivity (Wildman–Crippen MR) is 59.9 cm³/mol. The number of hydrogen-bond donors (Lipinski definition) is 0. The average Bonchev–Trinajstić information content (AvgIpc) is 2.18. The van der Waals surface area contributed by atoms with Crippen LogP contribution < -0.4 is 4.74 Å². The van der Waals surface area contributed by atoms with E-state index in [4.69, 9.17) is 4.74 Å². The van der Waals surface area contributed by atoms with Crippen molar-refractivity contribution in [1.82, 2.24) is 0 Å². The molecule has 0 heterocycles. The van der Waals surface area contributed by atoms with Crippen LogP contribution in [0.5, 0.6) is 5.75 Å². The third-order valence-electron chi connectivity index (χ3n) is 2.35. The highest BCUT2D eigenvalue weighted by molar-refractivity contribution is 5.86. The van der Waals surface area contributed by atoms with Crippen LogP contribution in [0, 0.1) is 6.92 Å². The number of fused-ring (bicyclic) bond motifs is 1. The molecule has 0 aromatic heterocycles. The molecule has 0 N–H and O–H groups in total. The summed E-state index contributed by atoms with van der Waals surface area (Å²) in [6.07, 6.45) is 0. The summed E-state index contributed by atoms with van der Waals surface area (Å²) in [5, 5.41) is 2.55. The van der Waals surface area contributed by atoms with Crippen LogP contribution in [-0.2, 0) is 0 Å². The molecule has 0 fully saturated rings. The maximum Gasteiger partial charge on any atom is 0.120 e. The number of rotatable bonds is 2. The van der Waals surface area contributed by atoms with E-state index in [9.17, 15) is 0 Å². The third kappa shape index (κ3) is 1.58.